The normalized spacial score (nSPS) is 12.0. The molecule has 0 amide bonds. The number of ether oxygens (including phenoxy) is 1. The fourth-order valence-corrected chi connectivity index (χ4v) is 2.19. The summed E-state index contributed by atoms with van der Waals surface area (Å²) < 4.78 is 39.8. The lowest BCUT2D eigenvalue weighted by atomic mass is 10.1. The van der Waals surface area contributed by atoms with Crippen molar-refractivity contribution in [3.05, 3.63) is 0 Å². The second kappa shape index (κ2) is 14.6. The van der Waals surface area contributed by atoms with Crippen molar-refractivity contribution in [2.45, 2.75) is 77.3 Å². The van der Waals surface area contributed by atoms with Crippen LogP contribution in [0.4, 0.5) is 13.2 Å². The molecule has 0 saturated heterocycles. The van der Waals surface area contributed by atoms with Crippen LogP contribution in [0.15, 0.2) is 0 Å². The minimum atomic E-state index is -4.21. The molecular formula is C16H32F3NO. The van der Waals surface area contributed by atoms with Gasteiger partial charge in [-0.3, -0.25) is 0 Å². The maximum Gasteiger partial charge on any atom is 0.411 e. The fourth-order valence-electron chi connectivity index (χ4n) is 2.19. The van der Waals surface area contributed by atoms with Crippen molar-refractivity contribution in [3.63, 3.8) is 0 Å². The summed E-state index contributed by atoms with van der Waals surface area (Å²) >= 11 is 0. The minimum absolute atomic E-state index is 0.122. The Hall–Kier alpha value is -0.290. The molecule has 0 spiro atoms. The smallest absolute Gasteiger partial charge is 0.371 e. The summed E-state index contributed by atoms with van der Waals surface area (Å²) in [4.78, 5) is 0. The van der Waals surface area contributed by atoms with Gasteiger partial charge in [0.05, 0.1) is 6.61 Å². The highest BCUT2D eigenvalue weighted by atomic mass is 19.4. The van der Waals surface area contributed by atoms with E-state index in [9.17, 15) is 13.2 Å². The number of unbranched alkanes of at least 4 members (excludes halogenated alkanes) is 9. The Morgan fingerprint density at radius 3 is 1.81 bits per heavy atom. The third kappa shape index (κ3) is 19.7. The first kappa shape index (κ1) is 20.7. The number of alkyl halides is 3. The molecule has 0 aromatic carbocycles. The van der Waals surface area contributed by atoms with Crippen molar-refractivity contribution in [1.82, 2.24) is 5.32 Å². The van der Waals surface area contributed by atoms with Gasteiger partial charge in [-0.25, -0.2) is 0 Å². The SMILES string of the molecule is CCCCCCCCCCCCNCCOCC(F)(F)F. The predicted octanol–water partition coefficient (Wildman–Crippen LogP) is 5.08. The second-order valence-corrected chi connectivity index (χ2v) is 5.60. The van der Waals surface area contributed by atoms with Crippen molar-refractivity contribution in [3.8, 4) is 0 Å². The van der Waals surface area contributed by atoms with Crippen LogP contribution in [0.3, 0.4) is 0 Å². The van der Waals surface area contributed by atoms with E-state index in [0.29, 0.717) is 6.54 Å². The Labute approximate surface area is 127 Å². The summed E-state index contributed by atoms with van der Waals surface area (Å²) in [6, 6.07) is 0. The molecule has 0 aromatic rings. The number of halogens is 3. The second-order valence-electron chi connectivity index (χ2n) is 5.60. The van der Waals surface area contributed by atoms with E-state index in [-0.39, 0.29) is 6.61 Å². The van der Waals surface area contributed by atoms with Crippen molar-refractivity contribution in [1.29, 1.82) is 0 Å². The van der Waals surface area contributed by atoms with E-state index in [2.05, 4.69) is 17.0 Å². The van der Waals surface area contributed by atoms with Crippen LogP contribution in [0, 0.1) is 0 Å². The van der Waals surface area contributed by atoms with E-state index >= 15 is 0 Å². The number of nitrogens with one attached hydrogen (secondary N) is 1. The molecule has 0 unspecified atom stereocenters. The molecule has 0 aromatic heterocycles. The van der Waals surface area contributed by atoms with Gasteiger partial charge in [0.25, 0.3) is 0 Å². The van der Waals surface area contributed by atoms with Crippen LogP contribution in [-0.4, -0.2) is 32.5 Å². The van der Waals surface area contributed by atoms with Crippen molar-refractivity contribution in [2.75, 3.05) is 26.3 Å². The van der Waals surface area contributed by atoms with Crippen molar-refractivity contribution >= 4 is 0 Å². The summed E-state index contributed by atoms with van der Waals surface area (Å²) in [6.07, 6.45) is 8.74. The molecule has 0 atom stereocenters. The van der Waals surface area contributed by atoms with E-state index in [4.69, 9.17) is 0 Å². The van der Waals surface area contributed by atoms with E-state index in [1.54, 1.807) is 0 Å². The Morgan fingerprint density at radius 2 is 1.29 bits per heavy atom. The lowest BCUT2D eigenvalue weighted by molar-refractivity contribution is -0.173. The zero-order valence-corrected chi connectivity index (χ0v) is 13.4. The maximum atomic E-state index is 11.8. The zero-order valence-electron chi connectivity index (χ0n) is 13.4. The van der Waals surface area contributed by atoms with E-state index < -0.39 is 12.8 Å². The first-order valence-corrected chi connectivity index (χ1v) is 8.41. The summed E-state index contributed by atoms with van der Waals surface area (Å²) in [7, 11) is 0. The summed E-state index contributed by atoms with van der Waals surface area (Å²) in [5.74, 6) is 0. The molecule has 128 valence electrons. The standard InChI is InChI=1S/C16H32F3NO/c1-2-3-4-5-6-7-8-9-10-11-12-20-13-14-21-15-16(17,18)19/h20H,2-15H2,1H3. The van der Waals surface area contributed by atoms with Gasteiger partial charge in [-0.05, 0) is 13.0 Å². The molecule has 2 nitrogen and oxygen atoms in total. The van der Waals surface area contributed by atoms with Crippen molar-refractivity contribution < 1.29 is 17.9 Å². The van der Waals surface area contributed by atoms with Crippen LogP contribution in [0.25, 0.3) is 0 Å². The molecule has 0 saturated carbocycles. The molecule has 21 heavy (non-hydrogen) atoms. The van der Waals surface area contributed by atoms with Gasteiger partial charge in [-0.15, -0.1) is 0 Å². The first-order valence-electron chi connectivity index (χ1n) is 8.41. The molecule has 0 aliphatic carbocycles. The van der Waals surface area contributed by atoms with Crippen LogP contribution in [0.5, 0.6) is 0 Å². The molecule has 5 heteroatoms. The lowest BCUT2D eigenvalue weighted by Gasteiger charge is -2.08. The summed E-state index contributed by atoms with van der Waals surface area (Å²) in [5.41, 5.74) is 0. The van der Waals surface area contributed by atoms with Gasteiger partial charge in [-0.1, -0.05) is 64.7 Å². The van der Waals surface area contributed by atoms with Gasteiger partial charge < -0.3 is 10.1 Å². The van der Waals surface area contributed by atoms with E-state index in [1.165, 1.54) is 57.8 Å². The average molecular weight is 311 g/mol. The molecule has 0 rings (SSSR count). The average Bonchev–Trinajstić information content (AvgIpc) is 2.42. The van der Waals surface area contributed by atoms with E-state index in [0.717, 1.165) is 13.0 Å². The molecule has 0 bridgehead atoms. The molecule has 0 aliphatic heterocycles. The van der Waals surface area contributed by atoms with Gasteiger partial charge in [0, 0.05) is 6.54 Å². The summed E-state index contributed by atoms with van der Waals surface area (Å²) in [5, 5.41) is 3.10. The van der Waals surface area contributed by atoms with Gasteiger partial charge in [0.2, 0.25) is 0 Å². The highest BCUT2D eigenvalue weighted by molar-refractivity contribution is 4.51. The van der Waals surface area contributed by atoms with Crippen LogP contribution in [-0.2, 0) is 4.74 Å². The molecule has 0 radical (unpaired) electrons. The molecule has 0 heterocycles. The Kier molecular flexibility index (Phi) is 14.4. The van der Waals surface area contributed by atoms with Gasteiger partial charge in [0.15, 0.2) is 0 Å². The molecule has 1 N–H and O–H groups in total. The monoisotopic (exact) mass is 311 g/mol. The molecular weight excluding hydrogens is 279 g/mol. The highest BCUT2D eigenvalue weighted by Crippen LogP contribution is 2.14. The number of hydrogen-bond donors (Lipinski definition) is 1. The van der Waals surface area contributed by atoms with Gasteiger partial charge >= 0.3 is 6.18 Å². The van der Waals surface area contributed by atoms with E-state index in [1.807, 2.05) is 0 Å². The number of hydrogen-bond acceptors (Lipinski definition) is 2. The third-order valence-electron chi connectivity index (χ3n) is 3.40. The van der Waals surface area contributed by atoms with Gasteiger partial charge in [0.1, 0.15) is 6.61 Å². The Bertz CT molecular complexity index is 210. The topological polar surface area (TPSA) is 21.3 Å². The minimum Gasteiger partial charge on any atom is -0.371 e. The summed E-state index contributed by atoms with van der Waals surface area (Å²) in [6.45, 7) is 2.57. The van der Waals surface area contributed by atoms with Gasteiger partial charge in [-0.2, -0.15) is 13.2 Å². The van der Waals surface area contributed by atoms with Crippen LogP contribution in [0.1, 0.15) is 71.1 Å². The van der Waals surface area contributed by atoms with Crippen LogP contribution in [0.2, 0.25) is 0 Å². The zero-order chi connectivity index (χ0) is 15.8. The Balaban J connectivity index is 3.00. The Morgan fingerprint density at radius 1 is 0.762 bits per heavy atom. The third-order valence-corrected chi connectivity index (χ3v) is 3.40. The van der Waals surface area contributed by atoms with Crippen molar-refractivity contribution in [2.24, 2.45) is 0 Å². The largest absolute Gasteiger partial charge is 0.411 e. The molecule has 0 fully saturated rings. The van der Waals surface area contributed by atoms with Crippen LogP contribution >= 0.6 is 0 Å². The number of rotatable bonds is 15. The lowest BCUT2D eigenvalue weighted by Crippen LogP contribution is -2.24. The predicted molar refractivity (Wildman–Crippen MR) is 81.6 cm³/mol. The quantitative estimate of drug-likeness (QED) is 0.426. The first-order chi connectivity index (χ1) is 10.1. The maximum absolute atomic E-state index is 11.8. The molecule has 0 aliphatic rings. The highest BCUT2D eigenvalue weighted by Gasteiger charge is 2.27. The van der Waals surface area contributed by atoms with Crippen LogP contribution < -0.4 is 5.32 Å². The fraction of sp³-hybridized carbons (Fsp3) is 1.00.